The number of hydrogen-bond donors (Lipinski definition) is 1. The number of halogens is 5. The fourth-order valence-electron chi connectivity index (χ4n) is 1.97. The maximum absolute atomic E-state index is 13.1. The molecule has 1 nitrogen and oxygen atoms in total. The number of hydrogen-bond acceptors (Lipinski definition) is 1. The molecule has 112 valence electrons. The van der Waals surface area contributed by atoms with Crippen LogP contribution in [0.1, 0.15) is 22.8 Å². The van der Waals surface area contributed by atoms with Gasteiger partial charge in [0.05, 0.1) is 11.7 Å². The van der Waals surface area contributed by atoms with Gasteiger partial charge in [-0.15, -0.1) is 0 Å². The highest BCUT2D eigenvalue weighted by molar-refractivity contribution is 9.10. The SMILES string of the molecule is OC(Cc1cccc(F)c1)c1ccc(Br)c(C(F)(F)F)c1. The molecule has 2 aromatic rings. The molecule has 0 radical (unpaired) electrons. The maximum atomic E-state index is 13.1. The predicted octanol–water partition coefficient (Wildman–Crippen LogP) is 4.88. The molecule has 0 heterocycles. The Balaban J connectivity index is 2.25. The van der Waals surface area contributed by atoms with Gasteiger partial charge in [-0.05, 0) is 35.4 Å². The molecule has 2 aromatic carbocycles. The molecule has 0 aliphatic rings. The van der Waals surface area contributed by atoms with Gasteiger partial charge in [0.15, 0.2) is 0 Å². The van der Waals surface area contributed by atoms with Crippen molar-refractivity contribution in [1.82, 2.24) is 0 Å². The average molecular weight is 363 g/mol. The number of alkyl halides is 3. The third-order valence-corrected chi connectivity index (χ3v) is 3.69. The molecule has 1 unspecified atom stereocenters. The minimum absolute atomic E-state index is 0.0384. The van der Waals surface area contributed by atoms with E-state index < -0.39 is 23.7 Å². The summed E-state index contributed by atoms with van der Waals surface area (Å²) in [5.74, 6) is -0.452. The zero-order valence-corrected chi connectivity index (χ0v) is 12.2. The van der Waals surface area contributed by atoms with Crippen molar-refractivity contribution < 1.29 is 22.7 Å². The molecule has 0 amide bonds. The molecule has 0 saturated heterocycles. The van der Waals surface area contributed by atoms with E-state index in [1.807, 2.05) is 0 Å². The summed E-state index contributed by atoms with van der Waals surface area (Å²) in [6.07, 6.45) is -5.61. The van der Waals surface area contributed by atoms with Crippen molar-refractivity contribution in [1.29, 1.82) is 0 Å². The number of aliphatic hydroxyl groups excluding tert-OH is 1. The van der Waals surface area contributed by atoms with Crippen LogP contribution in [0.4, 0.5) is 17.6 Å². The molecule has 0 aliphatic carbocycles. The summed E-state index contributed by atoms with van der Waals surface area (Å²) in [4.78, 5) is 0. The van der Waals surface area contributed by atoms with E-state index in [2.05, 4.69) is 15.9 Å². The van der Waals surface area contributed by atoms with E-state index >= 15 is 0 Å². The van der Waals surface area contributed by atoms with Gasteiger partial charge in [-0.1, -0.05) is 34.1 Å². The molecule has 0 saturated carbocycles. The Hall–Kier alpha value is -1.40. The second-order valence-electron chi connectivity index (χ2n) is 4.59. The Labute approximate surface area is 127 Å². The molecule has 6 heteroatoms. The van der Waals surface area contributed by atoms with Crippen LogP contribution in [0, 0.1) is 5.82 Å². The summed E-state index contributed by atoms with van der Waals surface area (Å²) in [6.45, 7) is 0. The minimum Gasteiger partial charge on any atom is -0.388 e. The first-order valence-electron chi connectivity index (χ1n) is 6.06. The van der Waals surface area contributed by atoms with Crippen molar-refractivity contribution >= 4 is 15.9 Å². The Kier molecular flexibility index (Phi) is 4.68. The fraction of sp³-hybridized carbons (Fsp3) is 0.200. The summed E-state index contributed by atoms with van der Waals surface area (Å²) in [5.41, 5.74) is -0.202. The van der Waals surface area contributed by atoms with Crippen LogP contribution in [0.5, 0.6) is 0 Å². The molecule has 0 bridgehead atoms. The summed E-state index contributed by atoms with van der Waals surface area (Å²) in [7, 11) is 0. The predicted molar refractivity (Wildman–Crippen MR) is 74.2 cm³/mol. The standard InChI is InChI=1S/C15H11BrF4O/c16-13-5-4-10(8-12(13)15(18,19)20)14(21)7-9-2-1-3-11(17)6-9/h1-6,8,14,21H,7H2. The van der Waals surface area contributed by atoms with Gasteiger partial charge in [0.2, 0.25) is 0 Å². The Bertz CT molecular complexity index is 640. The largest absolute Gasteiger partial charge is 0.417 e. The average Bonchev–Trinajstić information content (AvgIpc) is 2.37. The van der Waals surface area contributed by atoms with Gasteiger partial charge < -0.3 is 5.11 Å². The molecule has 0 aromatic heterocycles. The normalized spacial score (nSPS) is 13.2. The van der Waals surface area contributed by atoms with Crippen molar-refractivity contribution in [3.63, 3.8) is 0 Å². The molecule has 1 atom stereocenters. The molecule has 0 fully saturated rings. The topological polar surface area (TPSA) is 20.2 Å². The quantitative estimate of drug-likeness (QED) is 0.771. The third kappa shape index (κ3) is 4.04. The second-order valence-corrected chi connectivity index (χ2v) is 5.44. The zero-order valence-electron chi connectivity index (χ0n) is 10.7. The van der Waals surface area contributed by atoms with E-state index in [-0.39, 0.29) is 16.5 Å². The highest BCUT2D eigenvalue weighted by atomic mass is 79.9. The van der Waals surface area contributed by atoms with Crippen LogP contribution in [0.3, 0.4) is 0 Å². The highest BCUT2D eigenvalue weighted by Gasteiger charge is 2.33. The van der Waals surface area contributed by atoms with E-state index in [9.17, 15) is 22.7 Å². The second kappa shape index (κ2) is 6.15. The van der Waals surface area contributed by atoms with Crippen molar-refractivity contribution in [3.8, 4) is 0 Å². The third-order valence-electron chi connectivity index (χ3n) is 3.00. The Morgan fingerprint density at radius 2 is 1.81 bits per heavy atom. The maximum Gasteiger partial charge on any atom is 0.417 e. The minimum atomic E-state index is -4.51. The van der Waals surface area contributed by atoms with Gasteiger partial charge in [0.25, 0.3) is 0 Å². The first kappa shape index (κ1) is 16.0. The lowest BCUT2D eigenvalue weighted by atomic mass is 9.99. The van der Waals surface area contributed by atoms with E-state index in [1.54, 1.807) is 6.07 Å². The van der Waals surface area contributed by atoms with Crippen LogP contribution in [0.25, 0.3) is 0 Å². The number of rotatable bonds is 3. The first-order valence-corrected chi connectivity index (χ1v) is 6.86. The summed E-state index contributed by atoms with van der Waals surface area (Å²) >= 11 is 2.84. The molecular formula is C15H11BrF4O. The van der Waals surface area contributed by atoms with Crippen molar-refractivity contribution in [3.05, 3.63) is 69.4 Å². The summed E-state index contributed by atoms with van der Waals surface area (Å²) < 4.78 is 51.4. The highest BCUT2D eigenvalue weighted by Crippen LogP contribution is 2.36. The smallest absolute Gasteiger partial charge is 0.388 e. The monoisotopic (exact) mass is 362 g/mol. The van der Waals surface area contributed by atoms with Gasteiger partial charge in [0.1, 0.15) is 5.82 Å². The Morgan fingerprint density at radius 3 is 2.43 bits per heavy atom. The molecular weight excluding hydrogens is 352 g/mol. The van der Waals surface area contributed by atoms with Gasteiger partial charge >= 0.3 is 6.18 Å². The van der Waals surface area contributed by atoms with E-state index in [0.717, 1.165) is 6.07 Å². The lowest BCUT2D eigenvalue weighted by Crippen LogP contribution is -2.09. The molecule has 2 rings (SSSR count). The van der Waals surface area contributed by atoms with Crippen molar-refractivity contribution in [2.45, 2.75) is 18.7 Å². The Morgan fingerprint density at radius 1 is 1.10 bits per heavy atom. The van der Waals surface area contributed by atoms with Crippen LogP contribution >= 0.6 is 15.9 Å². The first-order chi connectivity index (χ1) is 9.77. The van der Waals surface area contributed by atoms with Crippen LogP contribution in [0.15, 0.2) is 46.9 Å². The fourth-order valence-corrected chi connectivity index (χ4v) is 2.44. The van der Waals surface area contributed by atoms with Crippen LogP contribution in [0.2, 0.25) is 0 Å². The number of benzene rings is 2. The van der Waals surface area contributed by atoms with Crippen LogP contribution < -0.4 is 0 Å². The van der Waals surface area contributed by atoms with Gasteiger partial charge in [-0.25, -0.2) is 4.39 Å². The lowest BCUT2D eigenvalue weighted by molar-refractivity contribution is -0.138. The van der Waals surface area contributed by atoms with Gasteiger partial charge in [-0.2, -0.15) is 13.2 Å². The van der Waals surface area contributed by atoms with E-state index in [0.29, 0.717) is 5.56 Å². The summed E-state index contributed by atoms with van der Waals surface area (Å²) in [5, 5.41) is 10.0. The van der Waals surface area contributed by atoms with E-state index in [4.69, 9.17) is 0 Å². The number of aliphatic hydroxyl groups is 1. The zero-order chi connectivity index (χ0) is 15.6. The van der Waals surface area contributed by atoms with Crippen LogP contribution in [-0.2, 0) is 12.6 Å². The lowest BCUT2D eigenvalue weighted by Gasteiger charge is -2.15. The van der Waals surface area contributed by atoms with E-state index in [1.165, 1.54) is 30.3 Å². The summed E-state index contributed by atoms with van der Waals surface area (Å²) in [6, 6.07) is 9.14. The molecule has 1 N–H and O–H groups in total. The molecule has 0 aliphatic heterocycles. The van der Waals surface area contributed by atoms with Crippen molar-refractivity contribution in [2.24, 2.45) is 0 Å². The molecule has 21 heavy (non-hydrogen) atoms. The van der Waals surface area contributed by atoms with Crippen LogP contribution in [-0.4, -0.2) is 5.11 Å². The molecule has 0 spiro atoms. The van der Waals surface area contributed by atoms with Gasteiger partial charge in [0, 0.05) is 10.9 Å². The van der Waals surface area contributed by atoms with Gasteiger partial charge in [-0.3, -0.25) is 0 Å². The van der Waals surface area contributed by atoms with Crippen molar-refractivity contribution in [2.75, 3.05) is 0 Å².